The summed E-state index contributed by atoms with van der Waals surface area (Å²) in [6.07, 6.45) is 2.69. The Morgan fingerprint density at radius 2 is 2.20 bits per heavy atom. The van der Waals surface area contributed by atoms with E-state index in [-0.39, 0.29) is 6.04 Å². The number of benzene rings is 1. The summed E-state index contributed by atoms with van der Waals surface area (Å²) in [5.74, 6) is 0. The Labute approximate surface area is 130 Å². The molecule has 0 aliphatic heterocycles. The van der Waals surface area contributed by atoms with Crippen molar-refractivity contribution in [2.24, 2.45) is 0 Å². The van der Waals surface area contributed by atoms with Crippen LogP contribution in [-0.4, -0.2) is 17.0 Å². The van der Waals surface area contributed by atoms with Crippen molar-refractivity contribution in [1.29, 1.82) is 0 Å². The number of aromatic nitrogens is 2. The van der Waals surface area contributed by atoms with Crippen LogP contribution in [-0.2, 0) is 6.42 Å². The van der Waals surface area contributed by atoms with Crippen molar-refractivity contribution in [1.82, 2.24) is 15.3 Å². The molecule has 5 heteroatoms. The van der Waals surface area contributed by atoms with Gasteiger partial charge in [-0.1, -0.05) is 18.2 Å². The molecule has 2 aromatic heterocycles. The van der Waals surface area contributed by atoms with Gasteiger partial charge in [-0.15, -0.1) is 11.3 Å². The molecule has 0 amide bonds. The first-order valence-corrected chi connectivity index (χ1v) is 8.06. The lowest BCUT2D eigenvalue weighted by molar-refractivity contribution is 0.574. The largest absolute Gasteiger partial charge is 0.311 e. The predicted molar refractivity (Wildman–Crippen MR) is 87.1 cm³/mol. The molecule has 102 valence electrons. The van der Waals surface area contributed by atoms with Crippen LogP contribution in [0, 0.1) is 0 Å². The van der Waals surface area contributed by atoms with Gasteiger partial charge < -0.3 is 5.32 Å². The first-order chi connectivity index (χ1) is 9.78. The number of nitrogens with zero attached hydrogens (tertiary/aromatic N) is 2. The molecule has 0 bridgehead atoms. The van der Waals surface area contributed by atoms with Crippen LogP contribution in [0.3, 0.4) is 0 Å². The van der Waals surface area contributed by atoms with E-state index in [9.17, 15) is 0 Å². The zero-order chi connectivity index (χ0) is 13.9. The molecule has 3 nitrogen and oxygen atoms in total. The first kappa shape index (κ1) is 13.7. The third-order valence-corrected chi connectivity index (χ3v) is 4.68. The Kier molecular flexibility index (Phi) is 4.10. The van der Waals surface area contributed by atoms with E-state index in [4.69, 9.17) is 4.98 Å². The smallest absolute Gasteiger partial charge is 0.0944 e. The van der Waals surface area contributed by atoms with E-state index in [1.54, 1.807) is 11.3 Å². The van der Waals surface area contributed by atoms with E-state index < -0.39 is 0 Å². The van der Waals surface area contributed by atoms with Crippen molar-refractivity contribution >= 4 is 38.2 Å². The lowest BCUT2D eigenvalue weighted by Gasteiger charge is -2.16. The molecule has 1 N–H and O–H groups in total. The highest BCUT2D eigenvalue weighted by Gasteiger charge is 2.17. The summed E-state index contributed by atoms with van der Waals surface area (Å²) >= 11 is 5.32. The highest BCUT2D eigenvalue weighted by atomic mass is 79.9. The number of rotatable bonds is 4. The SMILES string of the molecule is CNC(Cc1nccs1)c1nc2ccccc2cc1Br. The Morgan fingerprint density at radius 1 is 1.35 bits per heavy atom. The second kappa shape index (κ2) is 5.99. The third kappa shape index (κ3) is 2.75. The fourth-order valence-corrected chi connectivity index (χ4v) is 3.49. The van der Waals surface area contributed by atoms with E-state index in [0.717, 1.165) is 32.5 Å². The minimum atomic E-state index is 0.153. The summed E-state index contributed by atoms with van der Waals surface area (Å²) in [4.78, 5) is 9.15. The molecule has 2 heterocycles. The number of para-hydroxylation sites is 1. The van der Waals surface area contributed by atoms with Gasteiger partial charge in [0.1, 0.15) is 0 Å². The van der Waals surface area contributed by atoms with Crippen molar-refractivity contribution in [2.75, 3.05) is 7.05 Å². The van der Waals surface area contributed by atoms with Gasteiger partial charge in [0.05, 0.1) is 22.3 Å². The Bertz CT molecular complexity index is 712. The summed E-state index contributed by atoms with van der Waals surface area (Å²) in [5.41, 5.74) is 2.05. The van der Waals surface area contributed by atoms with Crippen LogP contribution in [0.15, 0.2) is 46.4 Å². The maximum absolute atomic E-state index is 4.79. The molecular formula is C15H14BrN3S. The van der Waals surface area contributed by atoms with Gasteiger partial charge in [0.15, 0.2) is 0 Å². The average molecular weight is 348 g/mol. The van der Waals surface area contributed by atoms with Crippen LogP contribution in [0.5, 0.6) is 0 Å². The standard InChI is InChI=1S/C15H14BrN3S/c1-17-13(9-14-18-6-7-20-14)15-11(16)8-10-4-2-3-5-12(10)19-15/h2-8,13,17H,9H2,1H3. The van der Waals surface area contributed by atoms with Crippen LogP contribution in [0.2, 0.25) is 0 Å². The number of hydrogen-bond donors (Lipinski definition) is 1. The summed E-state index contributed by atoms with van der Waals surface area (Å²) in [5, 5.41) is 7.60. The molecule has 0 spiro atoms. The lowest BCUT2D eigenvalue weighted by Crippen LogP contribution is -2.20. The fraction of sp³-hybridized carbons (Fsp3) is 0.200. The van der Waals surface area contributed by atoms with E-state index >= 15 is 0 Å². The van der Waals surface area contributed by atoms with Crippen LogP contribution >= 0.6 is 27.3 Å². The molecular weight excluding hydrogens is 334 g/mol. The Hall–Kier alpha value is -1.30. The highest BCUT2D eigenvalue weighted by Crippen LogP contribution is 2.28. The first-order valence-electron chi connectivity index (χ1n) is 6.39. The van der Waals surface area contributed by atoms with Gasteiger partial charge in [0, 0.05) is 27.9 Å². The fourth-order valence-electron chi connectivity index (χ4n) is 2.21. The maximum atomic E-state index is 4.79. The zero-order valence-electron chi connectivity index (χ0n) is 11.0. The number of likely N-dealkylation sites (N-methyl/N-ethyl adjacent to an activating group) is 1. The van der Waals surface area contributed by atoms with Crippen molar-refractivity contribution in [3.63, 3.8) is 0 Å². The van der Waals surface area contributed by atoms with E-state index in [0.29, 0.717) is 0 Å². The zero-order valence-corrected chi connectivity index (χ0v) is 13.4. The van der Waals surface area contributed by atoms with Gasteiger partial charge in [-0.05, 0) is 35.1 Å². The molecule has 0 radical (unpaired) electrons. The second-order valence-corrected chi connectivity index (χ2v) is 6.35. The number of thiazole rings is 1. The van der Waals surface area contributed by atoms with Gasteiger partial charge in [0.25, 0.3) is 0 Å². The van der Waals surface area contributed by atoms with Crippen molar-refractivity contribution < 1.29 is 0 Å². The van der Waals surface area contributed by atoms with Crippen LogP contribution in [0.4, 0.5) is 0 Å². The van der Waals surface area contributed by atoms with Gasteiger partial charge >= 0.3 is 0 Å². The van der Waals surface area contributed by atoms with Crippen molar-refractivity contribution in [3.8, 4) is 0 Å². The number of nitrogens with one attached hydrogen (secondary N) is 1. The molecule has 3 aromatic rings. The monoisotopic (exact) mass is 347 g/mol. The molecule has 1 atom stereocenters. The molecule has 0 aliphatic carbocycles. The summed E-state index contributed by atoms with van der Waals surface area (Å²) in [6, 6.07) is 10.4. The van der Waals surface area contributed by atoms with Gasteiger partial charge in [0.2, 0.25) is 0 Å². The molecule has 0 aliphatic rings. The minimum Gasteiger partial charge on any atom is -0.311 e. The van der Waals surface area contributed by atoms with Crippen LogP contribution in [0.1, 0.15) is 16.7 Å². The van der Waals surface area contributed by atoms with E-state index in [1.807, 2.05) is 36.8 Å². The Balaban J connectivity index is 2.00. The summed E-state index contributed by atoms with van der Waals surface area (Å²) < 4.78 is 1.03. The normalized spacial score (nSPS) is 12.7. The van der Waals surface area contributed by atoms with Crippen LogP contribution < -0.4 is 5.32 Å². The summed E-state index contributed by atoms with van der Waals surface area (Å²) in [6.45, 7) is 0. The third-order valence-electron chi connectivity index (χ3n) is 3.25. The molecule has 1 unspecified atom stereocenters. The van der Waals surface area contributed by atoms with Crippen LogP contribution in [0.25, 0.3) is 10.9 Å². The molecule has 1 aromatic carbocycles. The number of pyridine rings is 1. The lowest BCUT2D eigenvalue weighted by atomic mass is 10.1. The highest BCUT2D eigenvalue weighted by molar-refractivity contribution is 9.10. The Morgan fingerprint density at radius 3 is 2.95 bits per heavy atom. The van der Waals surface area contributed by atoms with Crippen molar-refractivity contribution in [2.45, 2.75) is 12.5 Å². The molecule has 0 saturated carbocycles. The van der Waals surface area contributed by atoms with Gasteiger partial charge in [-0.2, -0.15) is 0 Å². The van der Waals surface area contributed by atoms with E-state index in [2.05, 4.69) is 38.4 Å². The topological polar surface area (TPSA) is 37.8 Å². The molecule has 0 saturated heterocycles. The van der Waals surface area contributed by atoms with Gasteiger partial charge in [-0.25, -0.2) is 9.97 Å². The molecule has 0 fully saturated rings. The maximum Gasteiger partial charge on any atom is 0.0944 e. The number of halogens is 1. The van der Waals surface area contributed by atoms with Crippen molar-refractivity contribution in [3.05, 3.63) is 57.1 Å². The average Bonchev–Trinajstić information content (AvgIpc) is 2.97. The molecule has 3 rings (SSSR count). The quantitative estimate of drug-likeness (QED) is 0.776. The van der Waals surface area contributed by atoms with E-state index in [1.165, 1.54) is 0 Å². The number of fused-ring (bicyclic) bond motifs is 1. The second-order valence-electron chi connectivity index (χ2n) is 4.52. The predicted octanol–water partition coefficient (Wildman–Crippen LogP) is 3.96. The minimum absolute atomic E-state index is 0.153. The summed E-state index contributed by atoms with van der Waals surface area (Å²) in [7, 11) is 1.96. The van der Waals surface area contributed by atoms with Gasteiger partial charge in [-0.3, -0.25) is 0 Å². The molecule has 20 heavy (non-hydrogen) atoms. The number of hydrogen-bond acceptors (Lipinski definition) is 4.